The number of nitrogens with zero attached hydrogens (tertiary/aromatic N) is 1. The predicted molar refractivity (Wildman–Crippen MR) is 156 cm³/mol. The van der Waals surface area contributed by atoms with E-state index in [1.54, 1.807) is 35.8 Å². The maximum absolute atomic E-state index is 13.5. The molecule has 0 unspecified atom stereocenters. The molecular formula is C31H34ClFN2O3S. The van der Waals surface area contributed by atoms with E-state index in [0.717, 1.165) is 60.2 Å². The molecule has 5 nitrogen and oxygen atoms in total. The molecule has 39 heavy (non-hydrogen) atoms. The first-order valence-corrected chi connectivity index (χ1v) is 15.0. The summed E-state index contributed by atoms with van der Waals surface area (Å²) in [5.41, 5.74) is 3.49. The Bertz CT molecular complexity index is 1330. The fraction of sp³-hybridized carbons (Fsp3) is 0.419. The van der Waals surface area contributed by atoms with E-state index in [9.17, 15) is 9.18 Å². The molecule has 2 aliphatic rings. The fourth-order valence-electron chi connectivity index (χ4n) is 5.32. The molecule has 3 aromatic rings. The van der Waals surface area contributed by atoms with Gasteiger partial charge >= 0.3 is 0 Å². The average Bonchev–Trinajstić information content (AvgIpc) is 3.32. The van der Waals surface area contributed by atoms with Crippen LogP contribution in [0.2, 0.25) is 5.02 Å². The summed E-state index contributed by atoms with van der Waals surface area (Å²) in [6.45, 7) is 2.56. The zero-order valence-electron chi connectivity index (χ0n) is 22.2. The van der Waals surface area contributed by atoms with Crippen LogP contribution in [-0.2, 0) is 19.4 Å². The molecule has 1 heterocycles. The Hall–Kier alpha value is -2.90. The number of aryl methyl sites for hydroxylation is 1. The minimum absolute atomic E-state index is 0.00558. The molecule has 1 amide bonds. The highest BCUT2D eigenvalue weighted by atomic mass is 35.5. The number of hydrogen-bond acceptors (Lipinski definition) is 5. The Labute approximate surface area is 238 Å². The summed E-state index contributed by atoms with van der Waals surface area (Å²) in [5, 5.41) is 4.44. The van der Waals surface area contributed by atoms with Gasteiger partial charge < -0.3 is 14.8 Å². The lowest BCUT2D eigenvalue weighted by atomic mass is 9.93. The van der Waals surface area contributed by atoms with Crippen LogP contribution in [0.4, 0.5) is 9.39 Å². The van der Waals surface area contributed by atoms with E-state index in [1.165, 1.54) is 41.8 Å². The molecule has 1 fully saturated rings. The van der Waals surface area contributed by atoms with E-state index in [4.69, 9.17) is 26.1 Å². The summed E-state index contributed by atoms with van der Waals surface area (Å²) < 4.78 is 25.0. The quantitative estimate of drug-likeness (QED) is 0.265. The third-order valence-corrected chi connectivity index (χ3v) is 8.76. The molecule has 5 rings (SSSR count). The van der Waals surface area contributed by atoms with Gasteiger partial charge in [0.05, 0.1) is 17.2 Å². The van der Waals surface area contributed by atoms with Crippen LogP contribution in [0, 0.1) is 5.82 Å². The molecule has 2 aromatic carbocycles. The molecule has 0 atom stereocenters. The summed E-state index contributed by atoms with van der Waals surface area (Å²) in [5.74, 6) is 0.649. The van der Waals surface area contributed by atoms with Crippen molar-refractivity contribution < 1.29 is 18.7 Å². The number of rotatable bonds is 9. The number of halogens is 2. The second-order valence-electron chi connectivity index (χ2n) is 10.1. The van der Waals surface area contributed by atoms with Crippen LogP contribution in [0.3, 0.4) is 0 Å². The number of nitrogens with one attached hydrogen (secondary N) is 1. The number of fused-ring (bicyclic) bond motifs is 1. The number of thiophene rings is 1. The molecule has 1 saturated carbocycles. The zero-order chi connectivity index (χ0) is 27.2. The Balaban J connectivity index is 1.39. The number of benzene rings is 2. The van der Waals surface area contributed by atoms with Crippen LogP contribution in [0.25, 0.3) is 0 Å². The van der Waals surface area contributed by atoms with Gasteiger partial charge in [0, 0.05) is 17.1 Å². The van der Waals surface area contributed by atoms with Crippen molar-refractivity contribution in [2.75, 3.05) is 6.61 Å². The summed E-state index contributed by atoms with van der Waals surface area (Å²) in [4.78, 5) is 19.6. The fourth-order valence-corrected chi connectivity index (χ4v) is 6.82. The van der Waals surface area contributed by atoms with Gasteiger partial charge in [0.25, 0.3) is 5.91 Å². The molecule has 206 valence electrons. The smallest absolute Gasteiger partial charge is 0.254 e. The van der Waals surface area contributed by atoms with Crippen LogP contribution in [0.15, 0.2) is 41.4 Å². The monoisotopic (exact) mass is 568 g/mol. The van der Waals surface area contributed by atoms with Crippen LogP contribution in [0.1, 0.15) is 83.8 Å². The summed E-state index contributed by atoms with van der Waals surface area (Å²) in [6, 6.07) is 10.0. The van der Waals surface area contributed by atoms with E-state index in [-0.39, 0.29) is 24.4 Å². The third kappa shape index (κ3) is 6.82. The highest BCUT2D eigenvalue weighted by Crippen LogP contribution is 2.41. The Morgan fingerprint density at radius 3 is 2.64 bits per heavy atom. The van der Waals surface area contributed by atoms with Gasteiger partial charge in [0.1, 0.15) is 17.4 Å². The first-order valence-electron chi connectivity index (χ1n) is 13.8. The summed E-state index contributed by atoms with van der Waals surface area (Å²) in [6.07, 6.45) is 11.6. The lowest BCUT2D eigenvalue weighted by molar-refractivity contribution is 0.0927. The van der Waals surface area contributed by atoms with Gasteiger partial charge in [-0.05, 0) is 86.4 Å². The van der Waals surface area contributed by atoms with Gasteiger partial charge in [0.2, 0.25) is 0 Å². The zero-order valence-corrected chi connectivity index (χ0v) is 23.8. The highest BCUT2D eigenvalue weighted by molar-refractivity contribution is 7.16. The maximum Gasteiger partial charge on any atom is 0.254 e. The number of carbonyl (C=O) groups is 1. The number of ether oxygens (including phenoxy) is 2. The maximum atomic E-state index is 13.5. The van der Waals surface area contributed by atoms with Gasteiger partial charge in [-0.3, -0.25) is 4.79 Å². The second kappa shape index (κ2) is 13.0. The van der Waals surface area contributed by atoms with Crippen molar-refractivity contribution in [2.24, 2.45) is 4.99 Å². The van der Waals surface area contributed by atoms with Crippen LogP contribution in [-0.4, -0.2) is 24.8 Å². The predicted octanol–water partition coefficient (Wildman–Crippen LogP) is 8.21. The van der Waals surface area contributed by atoms with Gasteiger partial charge in [-0.15, -0.1) is 11.3 Å². The van der Waals surface area contributed by atoms with E-state index in [0.29, 0.717) is 23.1 Å². The largest absolute Gasteiger partial charge is 0.490 e. The van der Waals surface area contributed by atoms with Crippen LogP contribution >= 0.6 is 22.9 Å². The normalized spacial score (nSPS) is 15.8. The molecule has 1 N–H and O–H groups in total. The van der Waals surface area contributed by atoms with E-state index in [2.05, 4.69) is 5.32 Å². The summed E-state index contributed by atoms with van der Waals surface area (Å²) in [7, 11) is 0. The molecule has 1 aromatic heterocycles. The first-order chi connectivity index (χ1) is 19.0. The molecule has 0 aliphatic heterocycles. The topological polar surface area (TPSA) is 59.9 Å². The van der Waals surface area contributed by atoms with Crippen molar-refractivity contribution in [1.29, 1.82) is 0 Å². The van der Waals surface area contributed by atoms with Crippen molar-refractivity contribution in [3.8, 4) is 11.5 Å². The molecule has 8 heteroatoms. The first kappa shape index (κ1) is 27.7. The molecule has 2 aliphatic carbocycles. The van der Waals surface area contributed by atoms with Gasteiger partial charge in [0.15, 0.2) is 11.5 Å². The van der Waals surface area contributed by atoms with Crippen molar-refractivity contribution in [3.05, 3.63) is 74.4 Å². The molecular weight excluding hydrogens is 535 g/mol. The average molecular weight is 569 g/mol. The van der Waals surface area contributed by atoms with Crippen molar-refractivity contribution in [1.82, 2.24) is 5.32 Å². The number of amides is 1. The van der Waals surface area contributed by atoms with Crippen LogP contribution < -0.4 is 14.8 Å². The van der Waals surface area contributed by atoms with Gasteiger partial charge in [-0.2, -0.15) is 0 Å². The second-order valence-corrected chi connectivity index (χ2v) is 11.6. The Morgan fingerprint density at radius 2 is 1.87 bits per heavy atom. The minimum Gasteiger partial charge on any atom is -0.490 e. The van der Waals surface area contributed by atoms with Crippen molar-refractivity contribution >= 4 is 40.1 Å². The standard InChI is InChI=1S/C31H34ClFN2O3S/c1-2-37-26-17-21(16-25(32)29(26)38-19-20-12-14-22(33)15-13-20)18-34-31-28(24-10-6-7-11-27(24)39-31)30(36)35-23-8-4-3-5-9-23/h12-18,23H,2-11,19H2,1H3,(H,35,36). The van der Waals surface area contributed by atoms with Gasteiger partial charge in [-0.25, -0.2) is 9.38 Å². The van der Waals surface area contributed by atoms with Gasteiger partial charge in [-0.1, -0.05) is 43.0 Å². The summed E-state index contributed by atoms with van der Waals surface area (Å²) >= 11 is 8.25. The third-order valence-electron chi connectivity index (χ3n) is 7.28. The van der Waals surface area contributed by atoms with Crippen molar-refractivity contribution in [3.63, 3.8) is 0 Å². The molecule has 0 spiro atoms. The molecule has 0 radical (unpaired) electrons. The van der Waals surface area contributed by atoms with Crippen LogP contribution in [0.5, 0.6) is 11.5 Å². The minimum atomic E-state index is -0.295. The number of carbonyl (C=O) groups excluding carboxylic acids is 1. The lowest BCUT2D eigenvalue weighted by Gasteiger charge is -2.23. The Kier molecular flexibility index (Phi) is 9.20. The molecule has 0 saturated heterocycles. The van der Waals surface area contributed by atoms with E-state index >= 15 is 0 Å². The van der Waals surface area contributed by atoms with E-state index < -0.39 is 0 Å². The Morgan fingerprint density at radius 1 is 1.10 bits per heavy atom. The number of aliphatic imine (C=N–C) groups is 1. The van der Waals surface area contributed by atoms with E-state index in [1.807, 2.05) is 13.0 Å². The highest BCUT2D eigenvalue weighted by Gasteiger charge is 2.27. The SMILES string of the molecule is CCOc1cc(C=Nc2sc3c(c2C(=O)NC2CCCCC2)CCCC3)cc(Cl)c1OCc1ccc(F)cc1. The van der Waals surface area contributed by atoms with Crippen molar-refractivity contribution in [2.45, 2.75) is 77.4 Å². The number of hydrogen-bond donors (Lipinski definition) is 1. The molecule has 0 bridgehead atoms. The lowest BCUT2D eigenvalue weighted by Crippen LogP contribution is -2.36.